The minimum Gasteiger partial charge on any atom is -0.301 e. The van der Waals surface area contributed by atoms with Crippen molar-refractivity contribution in [3.05, 3.63) is 72.1 Å². The second-order valence-corrected chi connectivity index (χ2v) is 5.52. The van der Waals surface area contributed by atoms with Gasteiger partial charge in [0, 0.05) is 27.3 Å². The molecule has 0 bridgehead atoms. The quantitative estimate of drug-likeness (QED) is 0.470. The van der Waals surface area contributed by atoms with Crippen LogP contribution >= 0.6 is 27.5 Å². The molecule has 1 aromatic carbocycles. The summed E-state index contributed by atoms with van der Waals surface area (Å²) in [6, 6.07) is 7.37. The van der Waals surface area contributed by atoms with Crippen molar-refractivity contribution < 1.29 is 9.72 Å². The summed E-state index contributed by atoms with van der Waals surface area (Å²) in [5.74, 6) is -0.369. The van der Waals surface area contributed by atoms with Crippen LogP contribution in [0.1, 0.15) is 10.4 Å². The van der Waals surface area contributed by atoms with Crippen LogP contribution in [0.4, 0.5) is 5.69 Å². The van der Waals surface area contributed by atoms with E-state index >= 15 is 0 Å². The predicted octanol–water partition coefficient (Wildman–Crippen LogP) is 3.06. The molecule has 0 unspecified atom stereocenters. The molecule has 6 nitrogen and oxygen atoms in total. The van der Waals surface area contributed by atoms with Gasteiger partial charge in [0.05, 0.1) is 11.5 Å². The summed E-state index contributed by atoms with van der Waals surface area (Å²) in [5, 5.41) is 11.2. The van der Waals surface area contributed by atoms with E-state index < -0.39 is 16.2 Å². The Morgan fingerprint density at radius 1 is 1.38 bits per heavy atom. The van der Waals surface area contributed by atoms with E-state index in [1.54, 1.807) is 18.2 Å². The van der Waals surface area contributed by atoms with Crippen molar-refractivity contribution in [3.8, 4) is 0 Å². The second-order valence-electron chi connectivity index (χ2n) is 4.17. The van der Waals surface area contributed by atoms with E-state index in [4.69, 9.17) is 11.6 Å². The highest BCUT2D eigenvalue weighted by Crippen LogP contribution is 2.15. The summed E-state index contributed by atoms with van der Waals surface area (Å²) in [7, 11) is 0. The minimum atomic E-state index is -0.835. The maximum absolute atomic E-state index is 12.1. The third kappa shape index (κ3) is 3.56. The fourth-order valence-corrected chi connectivity index (χ4v) is 2.39. The van der Waals surface area contributed by atoms with E-state index in [9.17, 15) is 19.7 Å². The molecule has 0 radical (unpaired) electrons. The number of nitrogens with zero attached hydrogens (tertiary/aromatic N) is 2. The number of hydrogen-bond acceptors (Lipinski definition) is 4. The number of hydrogen-bond donors (Lipinski definition) is 0. The Kier molecular flexibility index (Phi) is 4.54. The number of ketones is 1. The van der Waals surface area contributed by atoms with Gasteiger partial charge in [-0.1, -0.05) is 23.7 Å². The standard InChI is InChI=1S/C13H8BrClN2O4/c14-9-5-11(17(20)21)13(19)16(6-9)7-12(18)8-2-1-3-10(15)4-8/h1-6H,7H2. The van der Waals surface area contributed by atoms with E-state index in [1.807, 2.05) is 0 Å². The van der Waals surface area contributed by atoms with Crippen LogP contribution in [-0.4, -0.2) is 15.3 Å². The zero-order valence-electron chi connectivity index (χ0n) is 10.5. The van der Waals surface area contributed by atoms with Gasteiger partial charge >= 0.3 is 11.2 Å². The largest absolute Gasteiger partial charge is 0.335 e. The van der Waals surface area contributed by atoms with E-state index in [-0.39, 0.29) is 12.3 Å². The van der Waals surface area contributed by atoms with Gasteiger partial charge < -0.3 is 4.57 Å². The molecule has 0 saturated carbocycles. The van der Waals surface area contributed by atoms with Crippen molar-refractivity contribution in [2.24, 2.45) is 0 Å². The highest BCUT2D eigenvalue weighted by Gasteiger charge is 2.18. The van der Waals surface area contributed by atoms with E-state index in [2.05, 4.69) is 15.9 Å². The maximum Gasteiger partial charge on any atom is 0.335 e. The van der Waals surface area contributed by atoms with Gasteiger partial charge in [0.15, 0.2) is 5.78 Å². The zero-order valence-corrected chi connectivity index (χ0v) is 12.8. The molecule has 2 rings (SSSR count). The van der Waals surface area contributed by atoms with Crippen LogP contribution in [0.3, 0.4) is 0 Å². The van der Waals surface area contributed by atoms with Crippen molar-refractivity contribution in [1.82, 2.24) is 4.57 Å². The van der Waals surface area contributed by atoms with Crippen LogP contribution in [0.2, 0.25) is 5.02 Å². The third-order valence-electron chi connectivity index (χ3n) is 2.69. The molecule has 1 heterocycles. The van der Waals surface area contributed by atoms with E-state index in [1.165, 1.54) is 12.3 Å². The molecule has 21 heavy (non-hydrogen) atoms. The average Bonchev–Trinajstić information content (AvgIpc) is 2.42. The lowest BCUT2D eigenvalue weighted by atomic mass is 10.1. The Balaban J connectivity index is 2.38. The Hall–Kier alpha value is -1.99. The topological polar surface area (TPSA) is 82.2 Å². The molecule has 0 saturated heterocycles. The number of Topliss-reactive ketones (excluding diaryl/α,β-unsaturated/α-hetero) is 1. The van der Waals surface area contributed by atoms with Crippen LogP contribution in [-0.2, 0) is 6.54 Å². The highest BCUT2D eigenvalue weighted by atomic mass is 79.9. The van der Waals surface area contributed by atoms with Gasteiger partial charge in [-0.05, 0) is 28.1 Å². The number of rotatable bonds is 4. The van der Waals surface area contributed by atoms with Gasteiger partial charge in [-0.2, -0.15) is 0 Å². The van der Waals surface area contributed by atoms with Gasteiger partial charge in [0.25, 0.3) is 0 Å². The lowest BCUT2D eigenvalue weighted by Gasteiger charge is -2.06. The Bertz CT molecular complexity index is 788. The summed E-state index contributed by atoms with van der Waals surface area (Å²) < 4.78 is 1.33. The molecular weight excluding hydrogens is 364 g/mol. The molecule has 108 valence electrons. The van der Waals surface area contributed by atoms with Crippen molar-refractivity contribution in [3.63, 3.8) is 0 Å². The Labute approximate surface area is 132 Å². The lowest BCUT2D eigenvalue weighted by Crippen LogP contribution is -2.25. The van der Waals surface area contributed by atoms with Gasteiger partial charge in [0.2, 0.25) is 0 Å². The Morgan fingerprint density at radius 2 is 2.10 bits per heavy atom. The number of carbonyl (C=O) groups is 1. The molecule has 0 amide bonds. The first kappa shape index (κ1) is 15.4. The van der Waals surface area contributed by atoms with Gasteiger partial charge in [-0.15, -0.1) is 0 Å². The minimum absolute atomic E-state index is 0.306. The van der Waals surface area contributed by atoms with Crippen molar-refractivity contribution >= 4 is 39.0 Å². The smallest absolute Gasteiger partial charge is 0.301 e. The molecule has 0 aliphatic carbocycles. The molecule has 0 fully saturated rings. The fraction of sp³-hybridized carbons (Fsp3) is 0.0769. The van der Waals surface area contributed by atoms with E-state index in [0.29, 0.717) is 15.1 Å². The number of nitro groups is 1. The lowest BCUT2D eigenvalue weighted by molar-refractivity contribution is -0.386. The first-order chi connectivity index (χ1) is 9.88. The molecule has 0 spiro atoms. The predicted molar refractivity (Wildman–Crippen MR) is 80.8 cm³/mol. The average molecular weight is 372 g/mol. The molecule has 0 aliphatic heterocycles. The first-order valence-corrected chi connectivity index (χ1v) is 6.88. The summed E-state index contributed by atoms with van der Waals surface area (Å²) in [5.41, 5.74) is -1.10. The van der Waals surface area contributed by atoms with Crippen molar-refractivity contribution in [2.45, 2.75) is 6.54 Å². The monoisotopic (exact) mass is 370 g/mol. The maximum atomic E-state index is 12.1. The zero-order chi connectivity index (χ0) is 15.6. The summed E-state index contributed by atoms with van der Waals surface area (Å²) in [4.78, 5) is 34.0. The number of benzene rings is 1. The molecule has 2 aromatic rings. The molecule has 0 atom stereocenters. The number of halogens is 2. The number of pyridine rings is 1. The van der Waals surface area contributed by atoms with Crippen LogP contribution in [0.5, 0.6) is 0 Å². The van der Waals surface area contributed by atoms with E-state index in [0.717, 1.165) is 10.6 Å². The molecule has 0 N–H and O–H groups in total. The van der Waals surface area contributed by atoms with Crippen LogP contribution in [0.25, 0.3) is 0 Å². The summed E-state index contributed by atoms with van der Waals surface area (Å²) in [6.45, 7) is -0.306. The van der Waals surface area contributed by atoms with Crippen molar-refractivity contribution in [2.75, 3.05) is 0 Å². The summed E-state index contributed by atoms with van der Waals surface area (Å²) in [6.07, 6.45) is 1.33. The van der Waals surface area contributed by atoms with Crippen LogP contribution < -0.4 is 5.56 Å². The van der Waals surface area contributed by atoms with Gasteiger partial charge in [0.1, 0.15) is 0 Å². The number of aromatic nitrogens is 1. The van der Waals surface area contributed by atoms with Gasteiger partial charge in [-0.3, -0.25) is 19.7 Å². The molecular formula is C13H8BrClN2O4. The molecule has 1 aromatic heterocycles. The van der Waals surface area contributed by atoms with Crippen LogP contribution in [0, 0.1) is 10.1 Å². The molecule has 8 heteroatoms. The number of carbonyl (C=O) groups excluding carboxylic acids is 1. The van der Waals surface area contributed by atoms with Crippen LogP contribution in [0.15, 0.2) is 45.8 Å². The third-order valence-corrected chi connectivity index (χ3v) is 3.36. The molecule has 0 aliphatic rings. The fourth-order valence-electron chi connectivity index (χ4n) is 1.74. The normalized spacial score (nSPS) is 10.4. The highest BCUT2D eigenvalue weighted by molar-refractivity contribution is 9.10. The SMILES string of the molecule is O=C(Cn1cc(Br)cc([N+](=O)[O-])c1=O)c1cccc(Cl)c1. The van der Waals surface area contributed by atoms with Gasteiger partial charge in [-0.25, -0.2) is 0 Å². The first-order valence-electron chi connectivity index (χ1n) is 5.71. The summed E-state index contributed by atoms with van der Waals surface area (Å²) >= 11 is 8.87. The Morgan fingerprint density at radius 3 is 2.71 bits per heavy atom. The second kappa shape index (κ2) is 6.19. The van der Waals surface area contributed by atoms with Crippen molar-refractivity contribution in [1.29, 1.82) is 0 Å².